The van der Waals surface area contributed by atoms with Crippen LogP contribution in [0.25, 0.3) is 0 Å². The Bertz CT molecular complexity index is 164. The maximum atomic E-state index is 6.90. The number of allylic oxidation sites excluding steroid dienone is 1. The first-order valence-corrected chi connectivity index (χ1v) is 4.03. The van der Waals surface area contributed by atoms with Gasteiger partial charge in [0.1, 0.15) is 6.61 Å². The highest BCUT2D eigenvalue weighted by Gasteiger charge is 2.02. The maximum absolute atomic E-state index is 6.90. The summed E-state index contributed by atoms with van der Waals surface area (Å²) in [7, 11) is 4.03. The lowest BCUT2D eigenvalue weighted by molar-refractivity contribution is 0.160. The minimum atomic E-state index is 0.403. The van der Waals surface area contributed by atoms with Crippen molar-refractivity contribution in [1.29, 1.82) is 5.41 Å². The third-order valence-electron chi connectivity index (χ3n) is 1.72. The van der Waals surface area contributed by atoms with E-state index in [1.165, 1.54) is 6.21 Å². The Hall–Kier alpha value is -0.830. The van der Waals surface area contributed by atoms with Gasteiger partial charge in [0.15, 0.2) is 0 Å². The summed E-state index contributed by atoms with van der Waals surface area (Å²) >= 11 is 0. The lowest BCUT2D eigenvalue weighted by atomic mass is 10.3. The second-order valence-corrected chi connectivity index (χ2v) is 3.15. The van der Waals surface area contributed by atoms with Gasteiger partial charge in [0, 0.05) is 17.8 Å². The number of nitrogens with zero attached hydrogens (tertiary/aromatic N) is 1. The molecular formula is C9H18N2O. The summed E-state index contributed by atoms with van der Waals surface area (Å²) in [5.41, 5.74) is 0.834. The highest BCUT2D eigenvalue weighted by molar-refractivity contribution is 5.74. The van der Waals surface area contributed by atoms with Crippen LogP contribution in [0.5, 0.6) is 0 Å². The minimum absolute atomic E-state index is 0.403. The van der Waals surface area contributed by atoms with E-state index in [-0.39, 0.29) is 0 Å². The van der Waals surface area contributed by atoms with Crippen molar-refractivity contribution in [1.82, 2.24) is 4.90 Å². The first kappa shape index (κ1) is 11.2. The third kappa shape index (κ3) is 4.91. The molecule has 0 aromatic heterocycles. The van der Waals surface area contributed by atoms with E-state index >= 15 is 0 Å². The van der Waals surface area contributed by atoms with Crippen LogP contribution in [0, 0.1) is 5.41 Å². The normalized spacial score (nSPS) is 14.6. The molecule has 0 saturated heterocycles. The fourth-order valence-electron chi connectivity index (χ4n) is 0.502. The molecule has 0 radical (unpaired) electrons. The zero-order chi connectivity index (χ0) is 9.56. The van der Waals surface area contributed by atoms with Gasteiger partial charge in [0.25, 0.3) is 0 Å². The van der Waals surface area contributed by atoms with Gasteiger partial charge in [-0.1, -0.05) is 0 Å². The smallest absolute Gasteiger partial charge is 0.103 e. The van der Waals surface area contributed by atoms with Crippen LogP contribution >= 0.6 is 0 Å². The van der Waals surface area contributed by atoms with Crippen molar-refractivity contribution in [2.24, 2.45) is 0 Å². The van der Waals surface area contributed by atoms with Crippen LogP contribution < -0.4 is 0 Å². The van der Waals surface area contributed by atoms with E-state index in [2.05, 4.69) is 11.8 Å². The van der Waals surface area contributed by atoms with Gasteiger partial charge in [-0.3, -0.25) is 0 Å². The van der Waals surface area contributed by atoms with Crippen LogP contribution in [0.4, 0.5) is 0 Å². The zero-order valence-electron chi connectivity index (χ0n) is 8.29. The fourth-order valence-corrected chi connectivity index (χ4v) is 0.502. The number of hydrogen-bond acceptors (Lipinski definition) is 3. The molecule has 0 aromatic carbocycles. The van der Waals surface area contributed by atoms with Crippen molar-refractivity contribution in [2.75, 3.05) is 20.7 Å². The summed E-state index contributed by atoms with van der Waals surface area (Å²) in [6.07, 6.45) is 2.90. The van der Waals surface area contributed by atoms with Gasteiger partial charge >= 0.3 is 0 Å². The first-order valence-electron chi connectivity index (χ1n) is 4.03. The van der Waals surface area contributed by atoms with E-state index in [1.54, 1.807) is 6.26 Å². The van der Waals surface area contributed by atoms with E-state index in [0.717, 1.165) is 5.57 Å². The molecule has 0 unspecified atom stereocenters. The van der Waals surface area contributed by atoms with Crippen LogP contribution in [0.3, 0.4) is 0 Å². The molecule has 1 atom stereocenters. The Morgan fingerprint density at radius 3 is 2.58 bits per heavy atom. The monoisotopic (exact) mass is 170 g/mol. The van der Waals surface area contributed by atoms with Gasteiger partial charge in [-0.2, -0.15) is 0 Å². The van der Waals surface area contributed by atoms with Gasteiger partial charge < -0.3 is 15.0 Å². The molecule has 70 valence electrons. The van der Waals surface area contributed by atoms with Crippen molar-refractivity contribution in [3.8, 4) is 0 Å². The number of hydrogen-bond donors (Lipinski definition) is 1. The number of likely N-dealkylation sites (N-methyl/N-ethyl adjacent to an activating group) is 1. The van der Waals surface area contributed by atoms with Gasteiger partial charge in [-0.15, -0.1) is 0 Å². The molecule has 0 saturated carbocycles. The molecule has 1 N–H and O–H groups in total. The Balaban J connectivity index is 3.62. The Kier molecular flexibility index (Phi) is 5.37. The third-order valence-corrected chi connectivity index (χ3v) is 1.72. The molecule has 0 rings (SSSR count). The van der Waals surface area contributed by atoms with Gasteiger partial charge in [-0.05, 0) is 27.9 Å². The molecular weight excluding hydrogens is 152 g/mol. The maximum Gasteiger partial charge on any atom is 0.103 e. The van der Waals surface area contributed by atoms with E-state index < -0.39 is 0 Å². The second-order valence-electron chi connectivity index (χ2n) is 3.15. The average molecular weight is 170 g/mol. The lowest BCUT2D eigenvalue weighted by Gasteiger charge is -2.18. The summed E-state index contributed by atoms with van der Waals surface area (Å²) in [6, 6.07) is 0.403. The summed E-state index contributed by atoms with van der Waals surface area (Å²) in [5.74, 6) is 0. The van der Waals surface area contributed by atoms with Gasteiger partial charge in [0.05, 0.1) is 6.26 Å². The van der Waals surface area contributed by atoms with E-state index in [9.17, 15) is 0 Å². The van der Waals surface area contributed by atoms with Crippen LogP contribution in [0.15, 0.2) is 11.8 Å². The lowest BCUT2D eigenvalue weighted by Crippen LogP contribution is -2.28. The van der Waals surface area contributed by atoms with Crippen LogP contribution in [-0.4, -0.2) is 37.9 Å². The van der Waals surface area contributed by atoms with Crippen LogP contribution in [0.2, 0.25) is 0 Å². The minimum Gasteiger partial charge on any atom is -0.499 e. The zero-order valence-corrected chi connectivity index (χ0v) is 8.29. The highest BCUT2D eigenvalue weighted by Crippen LogP contribution is 1.94. The topological polar surface area (TPSA) is 36.3 Å². The van der Waals surface area contributed by atoms with Crippen molar-refractivity contribution in [2.45, 2.75) is 19.9 Å². The molecule has 3 nitrogen and oxygen atoms in total. The second kappa shape index (κ2) is 5.77. The van der Waals surface area contributed by atoms with Crippen LogP contribution in [-0.2, 0) is 4.74 Å². The molecule has 12 heavy (non-hydrogen) atoms. The Labute approximate surface area is 74.5 Å². The number of ether oxygens (including phenoxy) is 1. The molecule has 0 aliphatic carbocycles. The molecule has 0 amide bonds. The fraction of sp³-hybridized carbons (Fsp3) is 0.667. The van der Waals surface area contributed by atoms with Gasteiger partial charge in [0.2, 0.25) is 0 Å². The first-order chi connectivity index (χ1) is 5.57. The molecule has 0 aliphatic heterocycles. The largest absolute Gasteiger partial charge is 0.499 e. The molecule has 0 bridgehead atoms. The molecule has 0 heterocycles. The SMILES string of the molecule is C/C(C=N)=C\OC[C@@H](C)N(C)C. The van der Waals surface area contributed by atoms with Crippen molar-refractivity contribution >= 4 is 6.21 Å². The van der Waals surface area contributed by atoms with Crippen molar-refractivity contribution < 1.29 is 4.74 Å². The van der Waals surface area contributed by atoms with Crippen molar-refractivity contribution in [3.63, 3.8) is 0 Å². The molecule has 0 aromatic rings. The summed E-state index contributed by atoms with van der Waals surface area (Å²) in [4.78, 5) is 2.09. The average Bonchev–Trinajstić information content (AvgIpc) is 2.03. The predicted octanol–water partition coefficient (Wildman–Crippen LogP) is 1.51. The Morgan fingerprint density at radius 1 is 1.58 bits per heavy atom. The quantitative estimate of drug-likeness (QED) is 0.501. The van der Waals surface area contributed by atoms with Gasteiger partial charge in [-0.25, -0.2) is 0 Å². The summed E-state index contributed by atoms with van der Waals surface area (Å²) < 4.78 is 5.25. The molecule has 0 spiro atoms. The molecule has 3 heteroatoms. The molecule has 0 fully saturated rings. The van der Waals surface area contributed by atoms with Crippen LogP contribution in [0.1, 0.15) is 13.8 Å². The summed E-state index contributed by atoms with van der Waals surface area (Å²) in [6.45, 7) is 4.60. The summed E-state index contributed by atoms with van der Waals surface area (Å²) in [5, 5.41) is 6.90. The van der Waals surface area contributed by atoms with E-state index in [0.29, 0.717) is 12.6 Å². The Morgan fingerprint density at radius 2 is 2.17 bits per heavy atom. The number of rotatable bonds is 5. The standard InChI is InChI=1S/C9H18N2O/c1-8(5-10)6-12-7-9(2)11(3)4/h5-6,9-10H,7H2,1-4H3/b8-6+,10-5?/t9-/m1/s1. The highest BCUT2D eigenvalue weighted by atomic mass is 16.5. The van der Waals surface area contributed by atoms with E-state index in [1.807, 2.05) is 21.0 Å². The molecule has 0 aliphatic rings. The van der Waals surface area contributed by atoms with E-state index in [4.69, 9.17) is 10.1 Å². The van der Waals surface area contributed by atoms with Crippen molar-refractivity contribution in [3.05, 3.63) is 11.8 Å². The number of nitrogens with one attached hydrogen (secondary N) is 1. The predicted molar refractivity (Wildman–Crippen MR) is 51.6 cm³/mol.